The van der Waals surface area contributed by atoms with E-state index in [0.29, 0.717) is 12.8 Å². The van der Waals surface area contributed by atoms with Crippen molar-refractivity contribution in [2.45, 2.75) is 25.3 Å². The smallest absolute Gasteiger partial charge is 0.303 e. The fraction of sp³-hybridized carbons (Fsp3) is 0.263. The predicted octanol–water partition coefficient (Wildman–Crippen LogP) is 1.40. The van der Waals surface area contributed by atoms with Gasteiger partial charge in [-0.15, -0.1) is 0 Å². The molecule has 0 saturated heterocycles. The number of carbonyl (C=O) groups is 3. The molecule has 7 heteroatoms. The van der Waals surface area contributed by atoms with Crippen LogP contribution in [0.2, 0.25) is 0 Å². The zero-order valence-electron chi connectivity index (χ0n) is 14.2. The number of hydrogen-bond donors (Lipinski definition) is 3. The molecule has 1 aromatic carbocycles. The van der Waals surface area contributed by atoms with Gasteiger partial charge in [-0.05, 0) is 30.5 Å². The molecule has 0 aliphatic rings. The molecule has 26 heavy (non-hydrogen) atoms. The van der Waals surface area contributed by atoms with Gasteiger partial charge in [0.15, 0.2) is 0 Å². The minimum absolute atomic E-state index is 0.0436. The average Bonchev–Trinajstić information content (AvgIpc) is 2.65. The first-order valence-electron chi connectivity index (χ1n) is 8.29. The molecule has 3 N–H and O–H groups in total. The van der Waals surface area contributed by atoms with Crippen molar-refractivity contribution in [3.63, 3.8) is 0 Å². The fourth-order valence-corrected chi connectivity index (χ4v) is 2.45. The zero-order valence-corrected chi connectivity index (χ0v) is 14.2. The van der Waals surface area contributed by atoms with Crippen LogP contribution >= 0.6 is 0 Å². The van der Waals surface area contributed by atoms with E-state index in [1.165, 1.54) is 6.20 Å². The van der Waals surface area contributed by atoms with Crippen LogP contribution in [0.25, 0.3) is 0 Å². The summed E-state index contributed by atoms with van der Waals surface area (Å²) >= 11 is 0. The molecule has 2 aromatic rings. The summed E-state index contributed by atoms with van der Waals surface area (Å²) < 4.78 is 0. The molecule has 0 radical (unpaired) electrons. The molecule has 1 atom stereocenters. The number of carboxylic acids is 1. The van der Waals surface area contributed by atoms with E-state index < -0.39 is 11.9 Å². The molecule has 0 fully saturated rings. The minimum Gasteiger partial charge on any atom is -0.481 e. The molecular formula is C19H21N3O4. The number of carbonyl (C=O) groups excluding carboxylic acids is 2. The third-order valence-corrected chi connectivity index (χ3v) is 3.70. The first-order chi connectivity index (χ1) is 12.5. The van der Waals surface area contributed by atoms with Gasteiger partial charge in [0.25, 0.3) is 5.91 Å². The second-order valence-electron chi connectivity index (χ2n) is 5.78. The van der Waals surface area contributed by atoms with E-state index in [9.17, 15) is 14.4 Å². The number of hydrogen-bond acceptors (Lipinski definition) is 4. The average molecular weight is 355 g/mol. The third kappa shape index (κ3) is 6.72. The molecule has 2 rings (SSSR count). The van der Waals surface area contributed by atoms with E-state index in [-0.39, 0.29) is 30.6 Å². The number of aromatic nitrogens is 1. The van der Waals surface area contributed by atoms with Gasteiger partial charge in [-0.25, -0.2) is 0 Å². The number of nitrogens with zero attached hydrogens (tertiary/aromatic N) is 1. The van der Waals surface area contributed by atoms with Crippen LogP contribution in [-0.2, 0) is 16.0 Å². The largest absolute Gasteiger partial charge is 0.481 e. The van der Waals surface area contributed by atoms with Crippen molar-refractivity contribution in [1.29, 1.82) is 0 Å². The van der Waals surface area contributed by atoms with Crippen LogP contribution in [0.15, 0.2) is 54.7 Å². The number of rotatable bonds is 9. The lowest BCUT2D eigenvalue weighted by Crippen LogP contribution is -2.43. The number of nitrogens with one attached hydrogen (secondary N) is 2. The third-order valence-electron chi connectivity index (χ3n) is 3.70. The van der Waals surface area contributed by atoms with E-state index in [1.54, 1.807) is 18.2 Å². The highest BCUT2D eigenvalue weighted by molar-refractivity contribution is 5.94. The van der Waals surface area contributed by atoms with Crippen molar-refractivity contribution >= 4 is 17.8 Å². The van der Waals surface area contributed by atoms with Gasteiger partial charge in [-0.3, -0.25) is 19.4 Å². The first kappa shape index (κ1) is 19.1. The van der Waals surface area contributed by atoms with Gasteiger partial charge in [0.05, 0.1) is 6.54 Å². The van der Waals surface area contributed by atoms with Gasteiger partial charge in [-0.1, -0.05) is 36.4 Å². The van der Waals surface area contributed by atoms with Crippen LogP contribution < -0.4 is 10.6 Å². The maximum Gasteiger partial charge on any atom is 0.303 e. The minimum atomic E-state index is -0.916. The number of amides is 2. The lowest BCUT2D eigenvalue weighted by molar-refractivity contribution is -0.137. The molecular weight excluding hydrogens is 334 g/mol. The van der Waals surface area contributed by atoms with Crippen molar-refractivity contribution in [3.05, 3.63) is 66.0 Å². The monoisotopic (exact) mass is 355 g/mol. The van der Waals surface area contributed by atoms with Gasteiger partial charge in [0.2, 0.25) is 5.91 Å². The molecule has 0 saturated carbocycles. The second-order valence-corrected chi connectivity index (χ2v) is 5.78. The molecule has 1 unspecified atom stereocenters. The highest BCUT2D eigenvalue weighted by atomic mass is 16.4. The lowest BCUT2D eigenvalue weighted by Gasteiger charge is -2.18. The quantitative estimate of drug-likeness (QED) is 0.630. The summed E-state index contributed by atoms with van der Waals surface area (Å²) in [4.78, 5) is 38.8. The number of carboxylic acid groups (broad SMARTS) is 1. The summed E-state index contributed by atoms with van der Waals surface area (Å²) in [6.07, 6.45) is 2.28. The van der Waals surface area contributed by atoms with Gasteiger partial charge >= 0.3 is 5.97 Å². The molecule has 0 aliphatic carbocycles. The first-order valence-corrected chi connectivity index (χ1v) is 8.29. The van der Waals surface area contributed by atoms with Crippen LogP contribution in [0.4, 0.5) is 0 Å². The van der Waals surface area contributed by atoms with Crippen molar-refractivity contribution in [3.8, 4) is 0 Å². The highest BCUT2D eigenvalue weighted by Crippen LogP contribution is 2.08. The van der Waals surface area contributed by atoms with Crippen molar-refractivity contribution in [2.75, 3.05) is 6.54 Å². The van der Waals surface area contributed by atoms with Crippen molar-refractivity contribution in [1.82, 2.24) is 15.6 Å². The van der Waals surface area contributed by atoms with Crippen LogP contribution in [0.1, 0.15) is 28.9 Å². The van der Waals surface area contributed by atoms with Crippen LogP contribution in [0, 0.1) is 0 Å². The number of pyridine rings is 1. The fourth-order valence-electron chi connectivity index (χ4n) is 2.45. The van der Waals surface area contributed by atoms with E-state index in [4.69, 9.17) is 5.11 Å². The Labute approximate surface area is 151 Å². The summed E-state index contributed by atoms with van der Waals surface area (Å²) in [5, 5.41) is 14.2. The Kier molecular flexibility index (Phi) is 7.30. The van der Waals surface area contributed by atoms with E-state index in [0.717, 1.165) is 5.56 Å². The number of benzene rings is 1. The Morgan fingerprint density at radius 1 is 1.04 bits per heavy atom. The Balaban J connectivity index is 1.88. The number of aliphatic carboxylic acids is 1. The molecule has 1 aromatic heterocycles. The lowest BCUT2D eigenvalue weighted by atomic mass is 10.0. The highest BCUT2D eigenvalue weighted by Gasteiger charge is 2.16. The summed E-state index contributed by atoms with van der Waals surface area (Å²) in [5.74, 6) is -1.73. The molecule has 0 spiro atoms. The molecule has 1 heterocycles. The molecule has 136 valence electrons. The maximum atomic E-state index is 12.1. The summed E-state index contributed by atoms with van der Waals surface area (Å²) in [6, 6.07) is 14.1. The molecule has 7 nitrogen and oxygen atoms in total. The summed E-state index contributed by atoms with van der Waals surface area (Å²) in [5.41, 5.74) is 1.23. The Hall–Kier alpha value is -3.22. The molecule has 0 aliphatic heterocycles. The summed E-state index contributed by atoms with van der Waals surface area (Å²) in [7, 11) is 0. The molecule has 0 bridgehead atoms. The topological polar surface area (TPSA) is 108 Å². The Morgan fingerprint density at radius 2 is 1.77 bits per heavy atom. The Morgan fingerprint density at radius 3 is 2.42 bits per heavy atom. The van der Waals surface area contributed by atoms with E-state index in [2.05, 4.69) is 15.6 Å². The second kappa shape index (κ2) is 9.93. The SMILES string of the molecule is O=C(O)CCC(Cc1ccccc1)NC(=O)CNC(=O)c1ccccn1. The zero-order chi connectivity index (χ0) is 18.8. The van der Waals surface area contributed by atoms with Crippen molar-refractivity contribution in [2.24, 2.45) is 0 Å². The van der Waals surface area contributed by atoms with Crippen LogP contribution in [-0.4, -0.2) is 40.5 Å². The van der Waals surface area contributed by atoms with Crippen LogP contribution in [0.3, 0.4) is 0 Å². The Bertz CT molecular complexity index is 735. The van der Waals surface area contributed by atoms with Gasteiger partial charge < -0.3 is 15.7 Å². The van der Waals surface area contributed by atoms with Gasteiger partial charge in [0.1, 0.15) is 5.69 Å². The van der Waals surface area contributed by atoms with Gasteiger partial charge in [0, 0.05) is 18.7 Å². The van der Waals surface area contributed by atoms with Crippen molar-refractivity contribution < 1.29 is 19.5 Å². The summed E-state index contributed by atoms with van der Waals surface area (Å²) in [6.45, 7) is -0.201. The van der Waals surface area contributed by atoms with Gasteiger partial charge in [-0.2, -0.15) is 0 Å². The standard InChI is InChI=1S/C19H21N3O4/c23-17(13-21-19(26)16-8-4-5-11-20-16)22-15(9-10-18(24)25)12-14-6-2-1-3-7-14/h1-8,11,15H,9-10,12-13H2,(H,21,26)(H,22,23)(H,24,25). The maximum absolute atomic E-state index is 12.1. The normalized spacial score (nSPS) is 11.4. The molecule has 2 amide bonds. The van der Waals surface area contributed by atoms with E-state index >= 15 is 0 Å². The predicted molar refractivity (Wildman–Crippen MR) is 95.5 cm³/mol. The van der Waals surface area contributed by atoms with Crippen LogP contribution in [0.5, 0.6) is 0 Å². The van der Waals surface area contributed by atoms with E-state index in [1.807, 2.05) is 30.3 Å².